The van der Waals surface area contributed by atoms with E-state index in [0.29, 0.717) is 51.6 Å². The highest BCUT2D eigenvalue weighted by molar-refractivity contribution is 6.74. The Morgan fingerprint density at radius 2 is 1.64 bits per heavy atom. The molecule has 2 aliphatic carbocycles. The molecule has 1 saturated heterocycles. The second kappa shape index (κ2) is 19.2. The number of benzene rings is 2. The molecule has 0 unspecified atom stereocenters. The number of carbonyl (C=O) groups excluding carboxylic acids is 3. The number of nitrogens with one attached hydrogen (secondary N) is 1. The summed E-state index contributed by atoms with van der Waals surface area (Å²) in [4.78, 5) is 45.3. The highest BCUT2D eigenvalue weighted by Crippen LogP contribution is 2.45. The summed E-state index contributed by atoms with van der Waals surface area (Å²) in [7, 11) is -1.64. The van der Waals surface area contributed by atoms with Gasteiger partial charge < -0.3 is 14.4 Å². The number of imide groups is 1. The number of urea groups is 1. The lowest BCUT2D eigenvalue weighted by Crippen LogP contribution is -2.48. The van der Waals surface area contributed by atoms with Crippen molar-refractivity contribution in [1.29, 1.82) is 10.5 Å². The van der Waals surface area contributed by atoms with Gasteiger partial charge in [0.2, 0.25) is 6.08 Å². The molecular formula is C40H51Cl2N7O5Si. The van der Waals surface area contributed by atoms with Gasteiger partial charge in [-0.15, -0.1) is 0 Å². The van der Waals surface area contributed by atoms with E-state index in [4.69, 9.17) is 39.5 Å². The van der Waals surface area contributed by atoms with Gasteiger partial charge in [0.25, 0.3) is 5.91 Å². The van der Waals surface area contributed by atoms with E-state index in [2.05, 4.69) is 55.1 Å². The fourth-order valence-corrected chi connectivity index (χ4v) is 8.27. The first-order valence-corrected chi connectivity index (χ1v) is 22.1. The molecule has 2 saturated carbocycles. The minimum atomic E-state index is -1.64. The van der Waals surface area contributed by atoms with Crippen molar-refractivity contribution in [3.63, 3.8) is 0 Å². The molecule has 5 rings (SSSR count). The maximum absolute atomic E-state index is 13.1. The number of aliphatic hydroxyl groups excluding tert-OH is 1. The molecule has 1 aliphatic heterocycles. The van der Waals surface area contributed by atoms with Crippen molar-refractivity contribution < 1.29 is 23.9 Å². The normalized spacial score (nSPS) is 17.0. The first kappa shape index (κ1) is 45.3. The van der Waals surface area contributed by atoms with Gasteiger partial charge in [0, 0.05) is 19.7 Å². The number of nitriles is 2. The zero-order valence-electron chi connectivity index (χ0n) is 32.8. The van der Waals surface area contributed by atoms with Crippen LogP contribution in [-0.2, 0) is 14.0 Å². The standard InChI is InChI=1S/C17H18ClN3O3.C14H28N2OSi.C9H5ClN2O/c1-11-13(5-4-12(10-19)14(11)18)21-15(23)17(6-2-3-7-17)20(8-9-22)16(21)24;1-13(2,3)18(4,5)17-11-10-16-14(12-15)8-6-7-9-14;1-6-7(11-2)3-4-8(9(6)10)12-5-13/h4-5,22H,2-3,6-9H2,1H3;16H,6-11H2,1-5H3;3-4H,1H3. The third-order valence-corrected chi connectivity index (χ3v) is 16.6. The van der Waals surface area contributed by atoms with Crippen molar-refractivity contribution in [2.24, 2.45) is 4.99 Å². The number of amides is 3. The fourth-order valence-electron chi connectivity index (χ4n) is 6.82. The smallest absolute Gasteiger partial charge is 0.332 e. The van der Waals surface area contributed by atoms with Gasteiger partial charge in [-0.2, -0.15) is 15.5 Å². The second-order valence-electron chi connectivity index (χ2n) is 15.5. The van der Waals surface area contributed by atoms with Gasteiger partial charge in [0.05, 0.1) is 46.2 Å². The summed E-state index contributed by atoms with van der Waals surface area (Å²) in [6.45, 7) is 22.9. The number of isocyanates is 1. The number of aliphatic imine (C=N–C) groups is 1. The molecular weight excluding hydrogens is 757 g/mol. The molecule has 3 aliphatic rings. The van der Waals surface area contributed by atoms with Crippen LogP contribution in [0.25, 0.3) is 4.85 Å². The third-order valence-electron chi connectivity index (χ3n) is 11.1. The number of carbonyl (C=O) groups is 2. The highest BCUT2D eigenvalue weighted by Gasteiger charge is 2.58. The molecule has 3 fully saturated rings. The number of anilines is 1. The summed E-state index contributed by atoms with van der Waals surface area (Å²) < 4.78 is 6.11. The molecule has 55 heavy (non-hydrogen) atoms. The molecule has 0 radical (unpaired) electrons. The molecule has 2 aromatic rings. The largest absolute Gasteiger partial charge is 0.416 e. The molecule has 294 valence electrons. The maximum atomic E-state index is 13.1. The molecule has 15 heteroatoms. The lowest BCUT2D eigenvalue weighted by molar-refractivity contribution is -0.124. The van der Waals surface area contributed by atoms with E-state index in [-0.39, 0.29) is 34.7 Å². The van der Waals surface area contributed by atoms with Crippen molar-refractivity contribution in [3.05, 3.63) is 62.4 Å². The summed E-state index contributed by atoms with van der Waals surface area (Å²) in [5, 5.41) is 31.9. The first-order chi connectivity index (χ1) is 25.9. The lowest BCUT2D eigenvalue weighted by atomic mass is 9.95. The van der Waals surface area contributed by atoms with E-state index in [1.807, 2.05) is 6.07 Å². The van der Waals surface area contributed by atoms with E-state index in [9.17, 15) is 24.8 Å². The number of nitrogens with zero attached hydrogens (tertiary/aromatic N) is 6. The first-order valence-electron chi connectivity index (χ1n) is 18.4. The number of hydrogen-bond donors (Lipinski definition) is 2. The van der Waals surface area contributed by atoms with Crippen LogP contribution in [0.1, 0.15) is 88.8 Å². The summed E-state index contributed by atoms with van der Waals surface area (Å²) in [6.07, 6.45) is 8.69. The summed E-state index contributed by atoms with van der Waals surface area (Å²) in [6, 6.07) is 10.2. The zero-order valence-corrected chi connectivity index (χ0v) is 35.3. The number of rotatable bonds is 9. The predicted octanol–water partition coefficient (Wildman–Crippen LogP) is 9.19. The van der Waals surface area contributed by atoms with Crippen molar-refractivity contribution in [3.8, 4) is 12.1 Å². The Morgan fingerprint density at radius 1 is 1.02 bits per heavy atom. The Morgan fingerprint density at radius 3 is 2.16 bits per heavy atom. The molecule has 0 bridgehead atoms. The average molecular weight is 809 g/mol. The van der Waals surface area contributed by atoms with Crippen LogP contribution in [0, 0.1) is 43.1 Å². The van der Waals surface area contributed by atoms with Gasteiger partial charge in [-0.25, -0.2) is 19.3 Å². The number of aliphatic hydroxyl groups is 1. The Labute approximate surface area is 336 Å². The van der Waals surface area contributed by atoms with Crippen LogP contribution in [-0.4, -0.2) is 73.7 Å². The van der Waals surface area contributed by atoms with Crippen LogP contribution in [0.5, 0.6) is 0 Å². The van der Waals surface area contributed by atoms with Crippen LogP contribution in [0.15, 0.2) is 29.3 Å². The van der Waals surface area contributed by atoms with Crippen molar-refractivity contribution in [1.82, 2.24) is 10.2 Å². The fraction of sp³-hybridized carbons (Fsp3) is 0.550. The Kier molecular flexibility index (Phi) is 15.8. The predicted molar refractivity (Wildman–Crippen MR) is 217 cm³/mol. The van der Waals surface area contributed by atoms with Gasteiger partial charge in [-0.1, -0.05) is 75.7 Å². The van der Waals surface area contributed by atoms with Gasteiger partial charge in [-0.05, 0) is 87.0 Å². The van der Waals surface area contributed by atoms with E-state index in [1.165, 1.54) is 36.0 Å². The van der Waals surface area contributed by atoms with Crippen molar-refractivity contribution in [2.75, 3.05) is 31.2 Å². The Bertz CT molecular complexity index is 1910. The molecule has 2 N–H and O–H groups in total. The SMILES string of the molecule is CC(C)(C)[Si](C)(C)OCCNC1(C#N)CCCC1.Cc1c(N2C(=O)N(CCO)C3(CCCC3)C2=O)ccc(C#N)c1Cl.[C-]#[N+]c1ccc(N=C=O)c(Cl)c1C. The van der Waals surface area contributed by atoms with Gasteiger partial charge in [-0.3, -0.25) is 10.1 Å². The average Bonchev–Trinajstić information content (AvgIpc) is 3.88. The monoisotopic (exact) mass is 807 g/mol. The van der Waals surface area contributed by atoms with Crippen LogP contribution >= 0.6 is 23.2 Å². The van der Waals surface area contributed by atoms with Crippen molar-refractivity contribution >= 4 is 66.6 Å². The van der Waals surface area contributed by atoms with Gasteiger partial charge >= 0.3 is 6.03 Å². The summed E-state index contributed by atoms with van der Waals surface area (Å²) in [5.41, 5.74) is 1.56. The molecule has 2 aromatic carbocycles. The Balaban J connectivity index is 0.000000233. The Hall–Kier alpha value is -4.09. The second-order valence-corrected chi connectivity index (χ2v) is 21.1. The molecule has 12 nitrogen and oxygen atoms in total. The summed E-state index contributed by atoms with van der Waals surface area (Å²) >= 11 is 12.0. The highest BCUT2D eigenvalue weighted by atomic mass is 35.5. The van der Waals surface area contributed by atoms with Gasteiger partial charge in [0.1, 0.15) is 17.1 Å². The molecule has 3 amide bonds. The van der Waals surface area contributed by atoms with Crippen LogP contribution < -0.4 is 10.2 Å². The van der Waals surface area contributed by atoms with E-state index >= 15 is 0 Å². The van der Waals surface area contributed by atoms with Crippen LogP contribution in [0.2, 0.25) is 28.2 Å². The van der Waals surface area contributed by atoms with E-state index < -0.39 is 19.9 Å². The van der Waals surface area contributed by atoms with E-state index in [1.54, 1.807) is 26.0 Å². The minimum absolute atomic E-state index is 0.129. The third kappa shape index (κ3) is 10.0. The summed E-state index contributed by atoms with van der Waals surface area (Å²) in [5.74, 6) is -0.262. The molecule has 1 heterocycles. The molecule has 0 atom stereocenters. The quantitative estimate of drug-likeness (QED) is 0.0633. The number of halogens is 2. The lowest BCUT2D eigenvalue weighted by Gasteiger charge is -2.36. The molecule has 1 spiro atoms. The zero-order chi connectivity index (χ0) is 41.2. The maximum Gasteiger partial charge on any atom is 0.332 e. The van der Waals surface area contributed by atoms with Gasteiger partial charge in [0.15, 0.2) is 14.0 Å². The molecule has 0 aromatic heterocycles. The van der Waals surface area contributed by atoms with Crippen molar-refractivity contribution in [2.45, 2.75) is 115 Å². The van der Waals surface area contributed by atoms with Crippen LogP contribution in [0.3, 0.4) is 0 Å². The van der Waals surface area contributed by atoms with Crippen LogP contribution in [0.4, 0.5) is 21.9 Å². The minimum Gasteiger partial charge on any atom is -0.416 e. The number of hydrogen-bond acceptors (Lipinski definition) is 9. The number of β-amino-alcohol motifs (C(OH)–C–C–N with tert-alkyl or cyclic N) is 1. The van der Waals surface area contributed by atoms with E-state index in [0.717, 1.165) is 43.7 Å². The topological polar surface area (TPSA) is 163 Å².